The van der Waals surface area contributed by atoms with E-state index in [0.29, 0.717) is 13.2 Å². The highest BCUT2D eigenvalue weighted by Gasteiger charge is 2.19. The second kappa shape index (κ2) is 10.1. The van der Waals surface area contributed by atoms with Crippen LogP contribution in [-0.2, 0) is 20.8 Å². The van der Waals surface area contributed by atoms with Crippen molar-refractivity contribution in [2.45, 2.75) is 52.3 Å². The minimum atomic E-state index is -0.570. The van der Waals surface area contributed by atoms with Gasteiger partial charge in [-0.05, 0) is 50.1 Å². The SMILES string of the molecule is CCOC(=O)CC(CNC(=O)OC(C)(C)C)NCc1ccc2ccccc2c1. The summed E-state index contributed by atoms with van der Waals surface area (Å²) in [7, 11) is 0. The van der Waals surface area contributed by atoms with Crippen molar-refractivity contribution in [3.05, 3.63) is 48.0 Å². The fourth-order valence-corrected chi connectivity index (χ4v) is 2.77. The summed E-state index contributed by atoms with van der Waals surface area (Å²) in [5.41, 5.74) is 0.531. The lowest BCUT2D eigenvalue weighted by atomic mass is 10.1. The fourth-order valence-electron chi connectivity index (χ4n) is 2.77. The average Bonchev–Trinajstić information content (AvgIpc) is 2.62. The largest absolute Gasteiger partial charge is 0.466 e. The van der Waals surface area contributed by atoms with E-state index in [1.807, 2.05) is 12.1 Å². The monoisotopic (exact) mass is 386 g/mol. The number of esters is 1. The molecule has 0 radical (unpaired) electrons. The van der Waals surface area contributed by atoms with Crippen molar-refractivity contribution in [2.75, 3.05) is 13.2 Å². The first kappa shape index (κ1) is 21.7. The van der Waals surface area contributed by atoms with E-state index in [4.69, 9.17) is 9.47 Å². The maximum absolute atomic E-state index is 11.9. The second-order valence-corrected chi connectivity index (χ2v) is 7.65. The minimum absolute atomic E-state index is 0.164. The number of benzene rings is 2. The number of nitrogens with one attached hydrogen (secondary N) is 2. The van der Waals surface area contributed by atoms with Gasteiger partial charge in [0.2, 0.25) is 0 Å². The lowest BCUT2D eigenvalue weighted by Crippen LogP contribution is -2.43. The molecule has 2 aromatic rings. The first-order valence-electron chi connectivity index (χ1n) is 9.60. The molecule has 0 aliphatic rings. The third-order valence-corrected chi connectivity index (χ3v) is 4.02. The topological polar surface area (TPSA) is 76.7 Å². The van der Waals surface area contributed by atoms with Gasteiger partial charge < -0.3 is 20.1 Å². The maximum Gasteiger partial charge on any atom is 0.407 e. The summed E-state index contributed by atoms with van der Waals surface area (Å²) in [5.74, 6) is -0.301. The highest BCUT2D eigenvalue weighted by atomic mass is 16.6. The van der Waals surface area contributed by atoms with Crippen LogP contribution in [-0.4, -0.2) is 36.9 Å². The van der Waals surface area contributed by atoms with E-state index in [2.05, 4.69) is 41.0 Å². The van der Waals surface area contributed by atoms with Gasteiger partial charge in [0.25, 0.3) is 0 Å². The van der Waals surface area contributed by atoms with Crippen molar-refractivity contribution in [2.24, 2.45) is 0 Å². The van der Waals surface area contributed by atoms with Crippen LogP contribution in [0.4, 0.5) is 4.79 Å². The molecular formula is C22H30N2O4. The number of carbonyl (C=O) groups is 2. The third kappa shape index (κ3) is 7.56. The molecule has 2 N–H and O–H groups in total. The van der Waals surface area contributed by atoms with E-state index < -0.39 is 11.7 Å². The molecule has 1 atom stereocenters. The quantitative estimate of drug-likeness (QED) is 0.675. The van der Waals surface area contributed by atoms with Crippen LogP contribution in [0.2, 0.25) is 0 Å². The van der Waals surface area contributed by atoms with E-state index in [-0.39, 0.29) is 25.0 Å². The number of hydrogen-bond donors (Lipinski definition) is 2. The molecule has 6 heteroatoms. The lowest BCUT2D eigenvalue weighted by Gasteiger charge is -2.22. The Morgan fingerprint density at radius 1 is 1.07 bits per heavy atom. The molecule has 2 aromatic carbocycles. The number of carbonyl (C=O) groups excluding carboxylic acids is 2. The normalized spacial score (nSPS) is 12.4. The van der Waals surface area contributed by atoms with Crippen molar-refractivity contribution >= 4 is 22.8 Å². The average molecular weight is 386 g/mol. The van der Waals surface area contributed by atoms with Crippen molar-refractivity contribution in [3.63, 3.8) is 0 Å². The molecule has 1 unspecified atom stereocenters. The Hall–Kier alpha value is -2.60. The zero-order chi connectivity index (χ0) is 20.6. The molecule has 0 saturated carbocycles. The summed E-state index contributed by atoms with van der Waals surface area (Å²) < 4.78 is 10.3. The molecule has 28 heavy (non-hydrogen) atoms. The summed E-state index contributed by atoms with van der Waals surface area (Å²) in [5, 5.41) is 8.40. The second-order valence-electron chi connectivity index (χ2n) is 7.65. The van der Waals surface area contributed by atoms with Gasteiger partial charge in [-0.2, -0.15) is 0 Å². The molecule has 0 heterocycles. The van der Waals surface area contributed by atoms with Crippen LogP contribution in [0.1, 0.15) is 39.7 Å². The van der Waals surface area contributed by atoms with E-state index in [1.54, 1.807) is 27.7 Å². The third-order valence-electron chi connectivity index (χ3n) is 4.02. The molecule has 2 rings (SSSR count). The molecule has 1 amide bonds. The minimum Gasteiger partial charge on any atom is -0.466 e. The molecule has 0 spiro atoms. The number of fused-ring (bicyclic) bond motifs is 1. The van der Waals surface area contributed by atoms with E-state index >= 15 is 0 Å². The van der Waals surface area contributed by atoms with Crippen LogP contribution < -0.4 is 10.6 Å². The van der Waals surface area contributed by atoms with Crippen LogP contribution in [0.3, 0.4) is 0 Å². The molecule has 152 valence electrons. The van der Waals surface area contributed by atoms with Crippen LogP contribution >= 0.6 is 0 Å². The van der Waals surface area contributed by atoms with Crippen molar-refractivity contribution in [1.29, 1.82) is 0 Å². The van der Waals surface area contributed by atoms with Crippen LogP contribution in [0, 0.1) is 0 Å². The van der Waals surface area contributed by atoms with Gasteiger partial charge in [0.05, 0.1) is 13.0 Å². The van der Waals surface area contributed by atoms with Crippen molar-refractivity contribution in [3.8, 4) is 0 Å². The summed E-state index contributed by atoms with van der Waals surface area (Å²) >= 11 is 0. The van der Waals surface area contributed by atoms with Crippen molar-refractivity contribution in [1.82, 2.24) is 10.6 Å². The predicted octanol–water partition coefficient (Wildman–Crippen LogP) is 3.78. The molecule has 0 bridgehead atoms. The highest BCUT2D eigenvalue weighted by molar-refractivity contribution is 5.83. The Labute approximate surface area is 166 Å². The first-order valence-corrected chi connectivity index (χ1v) is 9.60. The Balaban J connectivity index is 1.97. The smallest absolute Gasteiger partial charge is 0.407 e. The molecule has 0 aliphatic heterocycles. The fraction of sp³-hybridized carbons (Fsp3) is 0.455. The molecule has 0 fully saturated rings. The Morgan fingerprint density at radius 2 is 1.79 bits per heavy atom. The molecule has 0 aromatic heterocycles. The van der Waals surface area contributed by atoms with Crippen molar-refractivity contribution < 1.29 is 19.1 Å². The molecule has 6 nitrogen and oxygen atoms in total. The number of ether oxygens (including phenoxy) is 2. The van der Waals surface area contributed by atoms with Gasteiger partial charge in [-0.15, -0.1) is 0 Å². The molecule has 0 saturated heterocycles. The van der Waals surface area contributed by atoms with Gasteiger partial charge in [0, 0.05) is 19.1 Å². The van der Waals surface area contributed by atoms with Gasteiger partial charge in [0.15, 0.2) is 0 Å². The first-order chi connectivity index (χ1) is 13.3. The number of alkyl carbamates (subject to hydrolysis) is 1. The maximum atomic E-state index is 11.9. The van der Waals surface area contributed by atoms with E-state index in [9.17, 15) is 9.59 Å². The summed E-state index contributed by atoms with van der Waals surface area (Å²) in [4.78, 5) is 23.8. The van der Waals surface area contributed by atoms with E-state index in [1.165, 1.54) is 5.39 Å². The molecule has 0 aliphatic carbocycles. The lowest BCUT2D eigenvalue weighted by molar-refractivity contribution is -0.143. The van der Waals surface area contributed by atoms with Crippen LogP contribution in [0.5, 0.6) is 0 Å². The number of hydrogen-bond acceptors (Lipinski definition) is 5. The Morgan fingerprint density at radius 3 is 2.46 bits per heavy atom. The van der Waals surface area contributed by atoms with Gasteiger partial charge in [-0.1, -0.05) is 36.4 Å². The standard InChI is InChI=1S/C22H30N2O4/c1-5-27-20(25)13-19(15-24-21(26)28-22(2,3)4)23-14-16-10-11-17-8-6-7-9-18(17)12-16/h6-12,19,23H,5,13-15H2,1-4H3,(H,24,26). The zero-order valence-electron chi connectivity index (χ0n) is 17.1. The zero-order valence-corrected chi connectivity index (χ0v) is 17.1. The molecular weight excluding hydrogens is 356 g/mol. The van der Waals surface area contributed by atoms with Crippen LogP contribution in [0.15, 0.2) is 42.5 Å². The Bertz CT molecular complexity index is 798. The summed E-state index contributed by atoms with van der Waals surface area (Å²) in [6.07, 6.45) is -0.342. The van der Waals surface area contributed by atoms with Gasteiger partial charge in [-0.3, -0.25) is 4.79 Å². The van der Waals surface area contributed by atoms with Crippen LogP contribution in [0.25, 0.3) is 10.8 Å². The summed E-state index contributed by atoms with van der Waals surface area (Å²) in [6, 6.07) is 14.1. The van der Waals surface area contributed by atoms with E-state index in [0.717, 1.165) is 10.9 Å². The van der Waals surface area contributed by atoms with Gasteiger partial charge >= 0.3 is 12.1 Å². The van der Waals surface area contributed by atoms with Gasteiger partial charge in [0.1, 0.15) is 5.60 Å². The number of rotatable bonds is 8. The highest BCUT2D eigenvalue weighted by Crippen LogP contribution is 2.15. The number of amides is 1. The summed E-state index contributed by atoms with van der Waals surface area (Å²) in [6.45, 7) is 8.36. The van der Waals surface area contributed by atoms with Gasteiger partial charge in [-0.25, -0.2) is 4.79 Å². The predicted molar refractivity (Wildman–Crippen MR) is 110 cm³/mol. The Kier molecular flexibility index (Phi) is 7.81.